The summed E-state index contributed by atoms with van der Waals surface area (Å²) in [6.45, 7) is 0.685. The number of carbonyl (C=O) groups is 1. The Labute approximate surface area is 196 Å². The maximum atomic E-state index is 14.0. The van der Waals surface area contributed by atoms with Gasteiger partial charge in [-0.2, -0.15) is 0 Å². The van der Waals surface area contributed by atoms with Crippen molar-refractivity contribution in [2.75, 3.05) is 32.2 Å². The van der Waals surface area contributed by atoms with Crippen LogP contribution in [-0.2, 0) is 21.2 Å². The molecule has 0 unspecified atom stereocenters. The summed E-state index contributed by atoms with van der Waals surface area (Å²) in [5.41, 5.74) is 0.894. The van der Waals surface area contributed by atoms with Crippen molar-refractivity contribution < 1.29 is 31.8 Å². The predicted molar refractivity (Wildman–Crippen MR) is 123 cm³/mol. The molecule has 3 aromatic carbocycles. The van der Waals surface area contributed by atoms with E-state index in [-0.39, 0.29) is 34.5 Å². The molecule has 8 nitrogen and oxygen atoms in total. The van der Waals surface area contributed by atoms with Crippen molar-refractivity contribution in [2.45, 2.75) is 16.3 Å². The van der Waals surface area contributed by atoms with Gasteiger partial charge in [0.2, 0.25) is 15.7 Å². The highest BCUT2D eigenvalue weighted by Crippen LogP contribution is 2.36. The number of carbonyl (C=O) groups excluding carboxylic acids is 1. The molecule has 4 rings (SSSR count). The van der Waals surface area contributed by atoms with Crippen LogP contribution >= 0.6 is 0 Å². The van der Waals surface area contributed by atoms with E-state index in [4.69, 9.17) is 14.2 Å². The highest BCUT2D eigenvalue weighted by molar-refractivity contribution is 7.91. The van der Waals surface area contributed by atoms with Crippen LogP contribution in [0.4, 0.5) is 10.1 Å². The lowest BCUT2D eigenvalue weighted by Gasteiger charge is -2.19. The van der Waals surface area contributed by atoms with Crippen LogP contribution in [0.3, 0.4) is 0 Å². The molecule has 0 aliphatic carbocycles. The number of benzene rings is 3. The maximum Gasteiger partial charge on any atom is 0.239 e. The van der Waals surface area contributed by atoms with E-state index in [1.807, 2.05) is 18.2 Å². The fourth-order valence-corrected chi connectivity index (χ4v) is 4.92. The molecule has 0 atom stereocenters. The van der Waals surface area contributed by atoms with Gasteiger partial charge in [-0.05, 0) is 36.4 Å². The smallest absolute Gasteiger partial charge is 0.239 e. The topological polar surface area (TPSA) is 103 Å². The Balaban J connectivity index is 1.50. The molecule has 2 N–H and O–H groups in total. The van der Waals surface area contributed by atoms with Crippen molar-refractivity contribution in [3.8, 4) is 17.2 Å². The maximum absolute atomic E-state index is 14.0. The molecule has 1 aliphatic heterocycles. The van der Waals surface area contributed by atoms with E-state index >= 15 is 0 Å². The molecule has 34 heavy (non-hydrogen) atoms. The zero-order chi connectivity index (χ0) is 24.1. The van der Waals surface area contributed by atoms with Gasteiger partial charge in [-0.25, -0.2) is 12.8 Å². The summed E-state index contributed by atoms with van der Waals surface area (Å²) in [4.78, 5) is 12.0. The number of nitrogens with one attached hydrogen (secondary N) is 2. The normalized spacial score (nSPS) is 12.6. The van der Waals surface area contributed by atoms with Crippen LogP contribution in [-0.4, -0.2) is 41.2 Å². The summed E-state index contributed by atoms with van der Waals surface area (Å²) >= 11 is 0. The van der Waals surface area contributed by atoms with Crippen LogP contribution in [0.15, 0.2) is 70.5 Å². The predicted octanol–water partition coefficient (Wildman–Crippen LogP) is 3.17. The number of fused-ring (bicyclic) bond motifs is 1. The number of anilines is 1. The fourth-order valence-electron chi connectivity index (χ4n) is 3.46. The van der Waals surface area contributed by atoms with Gasteiger partial charge in [0.1, 0.15) is 24.8 Å². The number of ether oxygens (including phenoxy) is 3. The minimum absolute atomic E-state index is 0.0778. The molecule has 10 heteroatoms. The lowest BCUT2D eigenvalue weighted by molar-refractivity contribution is -0.119. The van der Waals surface area contributed by atoms with Gasteiger partial charge in [0, 0.05) is 18.2 Å². The van der Waals surface area contributed by atoms with Crippen molar-refractivity contribution in [1.29, 1.82) is 0 Å². The van der Waals surface area contributed by atoms with Crippen molar-refractivity contribution in [2.24, 2.45) is 0 Å². The van der Waals surface area contributed by atoms with Crippen LogP contribution in [0.25, 0.3) is 0 Å². The first-order valence-corrected chi connectivity index (χ1v) is 11.9. The molecule has 0 spiro atoms. The van der Waals surface area contributed by atoms with E-state index in [0.29, 0.717) is 30.5 Å². The van der Waals surface area contributed by atoms with E-state index < -0.39 is 15.7 Å². The number of rotatable bonds is 8. The average molecular weight is 487 g/mol. The number of amides is 1. The molecule has 1 aliphatic rings. The van der Waals surface area contributed by atoms with Crippen molar-refractivity contribution >= 4 is 21.4 Å². The molecule has 0 saturated heterocycles. The Bertz CT molecular complexity index is 1310. The highest BCUT2D eigenvalue weighted by atomic mass is 32.2. The molecule has 0 saturated carbocycles. The largest absolute Gasteiger partial charge is 0.496 e. The summed E-state index contributed by atoms with van der Waals surface area (Å²) < 4.78 is 56.8. The fraction of sp³-hybridized carbons (Fsp3) is 0.208. The quantitative estimate of drug-likeness (QED) is 0.504. The molecule has 0 radical (unpaired) electrons. The van der Waals surface area contributed by atoms with E-state index in [1.165, 1.54) is 24.3 Å². The molecular weight excluding hydrogens is 463 g/mol. The molecule has 3 aromatic rings. The Kier molecular flexibility index (Phi) is 6.87. The zero-order valence-electron chi connectivity index (χ0n) is 18.3. The molecule has 178 valence electrons. The number of hydrogen-bond donors (Lipinski definition) is 2. The second-order valence-corrected chi connectivity index (χ2v) is 9.31. The molecular formula is C24H23FN2O6S. The summed E-state index contributed by atoms with van der Waals surface area (Å²) in [5, 5.41) is 5.54. The first-order chi connectivity index (χ1) is 16.4. The number of sulfone groups is 1. The second-order valence-electron chi connectivity index (χ2n) is 7.39. The van der Waals surface area contributed by atoms with E-state index in [0.717, 1.165) is 17.7 Å². The molecule has 1 heterocycles. The molecule has 1 amide bonds. The monoisotopic (exact) mass is 486 g/mol. The Hall–Kier alpha value is -3.79. The Morgan fingerprint density at radius 2 is 1.79 bits per heavy atom. The van der Waals surface area contributed by atoms with E-state index in [9.17, 15) is 17.6 Å². The van der Waals surface area contributed by atoms with Crippen LogP contribution in [0.5, 0.6) is 17.2 Å². The number of halogens is 1. The number of para-hydroxylation sites is 1. The third-order valence-corrected chi connectivity index (χ3v) is 6.96. The Morgan fingerprint density at radius 3 is 2.59 bits per heavy atom. The van der Waals surface area contributed by atoms with E-state index in [2.05, 4.69) is 10.6 Å². The highest BCUT2D eigenvalue weighted by Gasteiger charge is 2.25. The lowest BCUT2D eigenvalue weighted by Crippen LogP contribution is -2.29. The van der Waals surface area contributed by atoms with Gasteiger partial charge in [-0.1, -0.05) is 18.2 Å². The number of methoxy groups -OCH3 is 1. The minimum Gasteiger partial charge on any atom is -0.496 e. The third-order valence-electron chi connectivity index (χ3n) is 5.17. The SMILES string of the molecule is COc1ccccc1CNC(=O)CNc1ccc(F)cc1S(=O)(=O)c1ccc2c(c1)OCCO2. The molecule has 0 fully saturated rings. The van der Waals surface area contributed by atoms with Gasteiger partial charge in [0.15, 0.2) is 11.5 Å². The van der Waals surface area contributed by atoms with Gasteiger partial charge in [0.05, 0.1) is 29.1 Å². The molecule has 0 aromatic heterocycles. The second kappa shape index (κ2) is 10.0. The summed E-state index contributed by atoms with van der Waals surface area (Å²) in [5.74, 6) is 0.283. The van der Waals surface area contributed by atoms with Crippen molar-refractivity contribution in [1.82, 2.24) is 5.32 Å². The Morgan fingerprint density at radius 1 is 1.03 bits per heavy atom. The summed E-state index contributed by atoms with van der Waals surface area (Å²) in [6.07, 6.45) is 0. The third kappa shape index (κ3) is 5.07. The van der Waals surface area contributed by atoms with Gasteiger partial charge in [0.25, 0.3) is 0 Å². The van der Waals surface area contributed by atoms with E-state index in [1.54, 1.807) is 13.2 Å². The number of hydrogen-bond acceptors (Lipinski definition) is 7. The van der Waals surface area contributed by atoms with Crippen LogP contribution in [0, 0.1) is 5.82 Å². The summed E-state index contributed by atoms with van der Waals surface area (Å²) in [7, 11) is -2.58. The standard InChI is InChI=1S/C24H23FN2O6S/c1-31-20-5-3-2-4-16(20)14-27-24(28)15-26-19-8-6-17(25)12-23(19)34(29,30)18-7-9-21-22(13-18)33-11-10-32-21/h2-9,12-13,26H,10-11,14-15H2,1H3,(H,27,28). The lowest BCUT2D eigenvalue weighted by atomic mass is 10.2. The minimum atomic E-state index is -4.12. The van der Waals surface area contributed by atoms with Gasteiger partial charge in [-0.15, -0.1) is 0 Å². The van der Waals surface area contributed by atoms with Crippen molar-refractivity contribution in [3.05, 3.63) is 72.0 Å². The average Bonchev–Trinajstić information content (AvgIpc) is 2.86. The van der Waals surface area contributed by atoms with Gasteiger partial charge >= 0.3 is 0 Å². The van der Waals surface area contributed by atoms with Crippen molar-refractivity contribution in [3.63, 3.8) is 0 Å². The molecule has 0 bridgehead atoms. The first kappa shape index (κ1) is 23.4. The van der Waals surface area contributed by atoms with Crippen LogP contribution < -0.4 is 24.8 Å². The van der Waals surface area contributed by atoms with Gasteiger partial charge < -0.3 is 24.8 Å². The summed E-state index contributed by atoms with van der Waals surface area (Å²) in [6, 6.07) is 14.8. The zero-order valence-corrected chi connectivity index (χ0v) is 19.2. The van der Waals surface area contributed by atoms with Crippen LogP contribution in [0.1, 0.15) is 5.56 Å². The van der Waals surface area contributed by atoms with Crippen LogP contribution in [0.2, 0.25) is 0 Å². The first-order valence-electron chi connectivity index (χ1n) is 10.5. The van der Waals surface area contributed by atoms with Gasteiger partial charge in [-0.3, -0.25) is 4.79 Å².